The topological polar surface area (TPSA) is 48.1 Å². The van der Waals surface area contributed by atoms with Gasteiger partial charge in [-0.25, -0.2) is 0 Å². The fraction of sp³-hybridized carbons (Fsp3) is 0.688. The molecular weight excluding hydrogens is 236 g/mol. The van der Waals surface area contributed by atoms with Crippen LogP contribution < -0.4 is 5.73 Å². The van der Waals surface area contributed by atoms with Gasteiger partial charge in [0.2, 0.25) is 0 Å². The summed E-state index contributed by atoms with van der Waals surface area (Å²) < 4.78 is 6.16. The molecule has 0 amide bonds. The Balaban J connectivity index is 2.31. The number of aryl methyl sites for hydroxylation is 2. The highest BCUT2D eigenvalue weighted by atomic mass is 16.5. The van der Waals surface area contributed by atoms with Crippen LogP contribution in [0.4, 0.5) is 0 Å². The van der Waals surface area contributed by atoms with E-state index in [1.54, 1.807) is 0 Å². The van der Waals surface area contributed by atoms with Crippen molar-refractivity contribution >= 4 is 0 Å². The molecule has 1 aromatic heterocycles. The third kappa shape index (κ3) is 2.98. The zero-order chi connectivity index (χ0) is 14.4. The predicted octanol–water partition coefficient (Wildman–Crippen LogP) is 3.29. The average molecular weight is 262 g/mol. The van der Waals surface area contributed by atoms with Crippen molar-refractivity contribution in [2.24, 2.45) is 11.7 Å². The highest BCUT2D eigenvalue weighted by molar-refractivity contribution is 5.25. The summed E-state index contributed by atoms with van der Waals surface area (Å²) in [6.07, 6.45) is 0.988. The number of aromatic nitrogens is 1. The summed E-state index contributed by atoms with van der Waals surface area (Å²) in [7, 11) is 0. The summed E-state index contributed by atoms with van der Waals surface area (Å²) in [5, 5.41) is 0. The van der Waals surface area contributed by atoms with Gasteiger partial charge in [-0.15, -0.1) is 0 Å². The fourth-order valence-corrected chi connectivity index (χ4v) is 3.46. The maximum absolute atomic E-state index is 6.53. The fourth-order valence-electron chi connectivity index (χ4n) is 3.46. The van der Waals surface area contributed by atoms with E-state index in [4.69, 9.17) is 10.5 Å². The van der Waals surface area contributed by atoms with Crippen molar-refractivity contribution in [2.45, 2.75) is 65.2 Å². The number of ether oxygens (including phenoxy) is 1. The highest BCUT2D eigenvalue weighted by Crippen LogP contribution is 2.46. The van der Waals surface area contributed by atoms with Crippen molar-refractivity contribution < 1.29 is 4.74 Å². The smallest absolute Gasteiger partial charge is 0.0680 e. The van der Waals surface area contributed by atoms with Crippen molar-refractivity contribution in [1.82, 2.24) is 4.98 Å². The van der Waals surface area contributed by atoms with Gasteiger partial charge < -0.3 is 10.5 Å². The van der Waals surface area contributed by atoms with Crippen molar-refractivity contribution in [2.75, 3.05) is 0 Å². The van der Waals surface area contributed by atoms with Crippen molar-refractivity contribution in [3.05, 3.63) is 29.1 Å². The number of nitrogens with two attached hydrogens (primary N) is 1. The first-order valence-corrected chi connectivity index (χ1v) is 7.02. The molecule has 106 valence electrons. The molecular formula is C16H26N2O. The van der Waals surface area contributed by atoms with E-state index in [2.05, 4.69) is 44.8 Å². The molecule has 0 aromatic carbocycles. The van der Waals surface area contributed by atoms with Crippen LogP contribution in [0, 0.1) is 19.8 Å². The lowest BCUT2D eigenvalue weighted by atomic mass is 9.79. The quantitative estimate of drug-likeness (QED) is 0.889. The van der Waals surface area contributed by atoms with Crippen molar-refractivity contribution in [1.29, 1.82) is 0 Å². The molecule has 2 rings (SSSR count). The van der Waals surface area contributed by atoms with Crippen LogP contribution in [0.5, 0.6) is 0 Å². The molecule has 3 heteroatoms. The van der Waals surface area contributed by atoms with E-state index in [1.165, 1.54) is 5.56 Å². The summed E-state index contributed by atoms with van der Waals surface area (Å²) in [4.78, 5) is 4.42. The zero-order valence-corrected chi connectivity index (χ0v) is 12.9. The Hall–Kier alpha value is -0.930. The summed E-state index contributed by atoms with van der Waals surface area (Å²) in [5.74, 6) is 0.323. The number of hydrogen-bond acceptors (Lipinski definition) is 3. The van der Waals surface area contributed by atoms with Gasteiger partial charge in [0, 0.05) is 23.3 Å². The molecule has 1 fully saturated rings. The average Bonchev–Trinajstić information content (AvgIpc) is 2.44. The maximum atomic E-state index is 6.53. The van der Waals surface area contributed by atoms with Gasteiger partial charge in [-0.3, -0.25) is 4.98 Å². The zero-order valence-electron chi connectivity index (χ0n) is 12.9. The third-order valence-electron chi connectivity index (χ3n) is 4.07. The van der Waals surface area contributed by atoms with E-state index in [0.29, 0.717) is 5.92 Å². The first-order chi connectivity index (χ1) is 8.61. The monoisotopic (exact) mass is 262 g/mol. The van der Waals surface area contributed by atoms with Gasteiger partial charge in [0.15, 0.2) is 0 Å². The van der Waals surface area contributed by atoms with Gasteiger partial charge in [-0.1, -0.05) is 0 Å². The normalized spacial score (nSPS) is 26.4. The Labute approximate surface area is 116 Å². The molecule has 19 heavy (non-hydrogen) atoms. The minimum Gasteiger partial charge on any atom is -0.369 e. The molecule has 2 unspecified atom stereocenters. The summed E-state index contributed by atoms with van der Waals surface area (Å²) in [5.41, 5.74) is 9.48. The van der Waals surface area contributed by atoms with Crippen LogP contribution in [-0.2, 0) is 4.74 Å². The number of rotatable bonds is 2. The molecule has 1 aliphatic rings. The lowest BCUT2D eigenvalue weighted by molar-refractivity contribution is -0.0767. The Morgan fingerprint density at radius 1 is 1.21 bits per heavy atom. The molecule has 0 bridgehead atoms. The van der Waals surface area contributed by atoms with E-state index >= 15 is 0 Å². The van der Waals surface area contributed by atoms with E-state index in [0.717, 1.165) is 17.8 Å². The molecule has 2 N–H and O–H groups in total. The highest BCUT2D eigenvalue weighted by Gasteiger charge is 2.48. The Bertz CT molecular complexity index is 459. The molecule has 0 saturated carbocycles. The van der Waals surface area contributed by atoms with Crippen LogP contribution in [-0.4, -0.2) is 16.2 Å². The van der Waals surface area contributed by atoms with Crippen LogP contribution in [0.1, 0.15) is 57.1 Å². The van der Waals surface area contributed by atoms with Crippen LogP contribution in [0.15, 0.2) is 12.1 Å². The summed E-state index contributed by atoms with van der Waals surface area (Å²) >= 11 is 0. The van der Waals surface area contributed by atoms with E-state index in [1.807, 2.05) is 13.8 Å². The van der Waals surface area contributed by atoms with Crippen LogP contribution in [0.25, 0.3) is 0 Å². The van der Waals surface area contributed by atoms with Gasteiger partial charge in [0.05, 0.1) is 11.2 Å². The number of nitrogens with zero attached hydrogens (tertiary/aromatic N) is 1. The summed E-state index contributed by atoms with van der Waals surface area (Å²) in [6.45, 7) is 12.6. The van der Waals surface area contributed by atoms with Gasteiger partial charge >= 0.3 is 0 Å². The molecule has 1 saturated heterocycles. The molecule has 0 radical (unpaired) electrons. The first kappa shape index (κ1) is 14.5. The molecule has 1 aromatic rings. The van der Waals surface area contributed by atoms with E-state index in [9.17, 15) is 0 Å². The van der Waals surface area contributed by atoms with Crippen molar-refractivity contribution in [3.63, 3.8) is 0 Å². The molecule has 1 aliphatic heterocycles. The molecule has 0 spiro atoms. The minimum absolute atomic E-state index is 0.00262. The van der Waals surface area contributed by atoms with Crippen LogP contribution in [0.3, 0.4) is 0 Å². The van der Waals surface area contributed by atoms with E-state index in [-0.39, 0.29) is 17.2 Å². The largest absolute Gasteiger partial charge is 0.369 e. The summed E-state index contributed by atoms with van der Waals surface area (Å²) in [6, 6.07) is 4.19. The van der Waals surface area contributed by atoms with Crippen molar-refractivity contribution in [3.8, 4) is 0 Å². The standard InChI is InChI=1S/C16H26N2O/c1-10-7-12(8-11(2)18-10)14(17)13-9-15(3,4)19-16(13,5)6/h7-8,13-14H,9,17H2,1-6H3. The van der Waals surface area contributed by atoms with Gasteiger partial charge in [0.25, 0.3) is 0 Å². The Kier molecular flexibility index (Phi) is 3.48. The van der Waals surface area contributed by atoms with E-state index < -0.39 is 0 Å². The number of hydrogen-bond donors (Lipinski definition) is 1. The molecule has 2 atom stereocenters. The minimum atomic E-state index is -0.187. The molecule has 2 heterocycles. The van der Waals surface area contributed by atoms with Crippen LogP contribution in [0.2, 0.25) is 0 Å². The predicted molar refractivity (Wildman–Crippen MR) is 78.0 cm³/mol. The first-order valence-electron chi connectivity index (χ1n) is 7.02. The third-order valence-corrected chi connectivity index (χ3v) is 4.07. The molecule has 0 aliphatic carbocycles. The lowest BCUT2D eigenvalue weighted by Gasteiger charge is -2.31. The Morgan fingerprint density at radius 3 is 2.16 bits per heavy atom. The van der Waals surface area contributed by atoms with Crippen LogP contribution >= 0.6 is 0 Å². The second-order valence-corrected chi connectivity index (χ2v) is 6.98. The second-order valence-electron chi connectivity index (χ2n) is 6.98. The molecule has 3 nitrogen and oxygen atoms in total. The number of pyridine rings is 1. The Morgan fingerprint density at radius 2 is 1.74 bits per heavy atom. The lowest BCUT2D eigenvalue weighted by Crippen LogP contribution is -2.36. The van der Waals surface area contributed by atoms with Gasteiger partial charge in [0.1, 0.15) is 0 Å². The van der Waals surface area contributed by atoms with Gasteiger partial charge in [-0.05, 0) is 65.7 Å². The van der Waals surface area contributed by atoms with Gasteiger partial charge in [-0.2, -0.15) is 0 Å². The maximum Gasteiger partial charge on any atom is 0.0680 e. The second kappa shape index (κ2) is 4.57. The SMILES string of the molecule is Cc1cc(C(N)C2CC(C)(C)OC2(C)C)cc(C)n1.